The molecule has 4 aliphatic rings. The number of carbonyl (C=O) groups excluding carboxylic acids is 1. The second-order valence-corrected chi connectivity index (χ2v) is 13.6. The van der Waals surface area contributed by atoms with Crippen molar-refractivity contribution in [3.05, 3.63) is 70.8 Å². The van der Waals surface area contributed by atoms with Crippen molar-refractivity contribution < 1.29 is 41.0 Å². The van der Waals surface area contributed by atoms with E-state index in [4.69, 9.17) is 4.74 Å². The fraction of sp³-hybridized carbons (Fsp3) is 0.618. The van der Waals surface area contributed by atoms with Crippen molar-refractivity contribution in [3.63, 3.8) is 0 Å². The molecular formula is C34H39F6NO3. The summed E-state index contributed by atoms with van der Waals surface area (Å²) >= 11 is 0. The highest BCUT2D eigenvalue weighted by atomic mass is 19.4. The van der Waals surface area contributed by atoms with E-state index in [1.54, 1.807) is 0 Å². The lowest BCUT2D eigenvalue weighted by Crippen LogP contribution is -2.54. The molecule has 240 valence electrons. The Kier molecular flexibility index (Phi) is 8.19. The topological polar surface area (TPSA) is 49.8 Å². The summed E-state index contributed by atoms with van der Waals surface area (Å²) in [7, 11) is 0. The third kappa shape index (κ3) is 5.71. The number of halogens is 6. The lowest BCUT2D eigenvalue weighted by Gasteiger charge is -2.52. The van der Waals surface area contributed by atoms with Gasteiger partial charge in [0, 0.05) is 24.0 Å². The van der Waals surface area contributed by atoms with Gasteiger partial charge in [-0.15, -0.1) is 0 Å². The second kappa shape index (κ2) is 11.4. The Labute approximate surface area is 253 Å². The molecule has 0 bridgehead atoms. The highest BCUT2D eigenvalue weighted by Crippen LogP contribution is 2.54. The van der Waals surface area contributed by atoms with Gasteiger partial charge in [-0.3, -0.25) is 4.79 Å². The Morgan fingerprint density at radius 3 is 1.93 bits per heavy atom. The van der Waals surface area contributed by atoms with Crippen LogP contribution in [0, 0.1) is 11.3 Å². The number of alkyl halides is 6. The van der Waals surface area contributed by atoms with Crippen LogP contribution in [0.1, 0.15) is 86.5 Å². The monoisotopic (exact) mass is 623 g/mol. The standard InChI is InChI=1S/C34H39F6NO3/c35-33(36,37)25-19-24(20-26(21-25)34(38,39)40)32(43)10-4-7-28(29(32)42)31(23-5-2-1-3-6-23)11-8-27(9-12-31)41-16-13-30(14-17-41)15-18-44-22-30/h1-3,5-6,19-21,27-28,43H,4,7-18,22H2. The average molecular weight is 624 g/mol. The van der Waals surface area contributed by atoms with Gasteiger partial charge >= 0.3 is 12.4 Å². The van der Waals surface area contributed by atoms with Crippen LogP contribution in [0.15, 0.2) is 48.5 Å². The van der Waals surface area contributed by atoms with Crippen molar-refractivity contribution in [2.45, 2.75) is 93.6 Å². The lowest BCUT2D eigenvalue weighted by atomic mass is 9.55. The van der Waals surface area contributed by atoms with Crippen molar-refractivity contribution in [2.24, 2.45) is 11.3 Å². The molecule has 0 radical (unpaired) electrons. The van der Waals surface area contributed by atoms with Gasteiger partial charge in [0.2, 0.25) is 0 Å². The van der Waals surface area contributed by atoms with Crippen LogP contribution in [-0.4, -0.2) is 48.1 Å². The Morgan fingerprint density at radius 1 is 0.773 bits per heavy atom. The van der Waals surface area contributed by atoms with Crippen LogP contribution in [0.2, 0.25) is 0 Å². The first kappa shape index (κ1) is 31.5. The fourth-order valence-electron chi connectivity index (χ4n) is 8.61. The summed E-state index contributed by atoms with van der Waals surface area (Å²) < 4.78 is 87.9. The van der Waals surface area contributed by atoms with Gasteiger partial charge in [-0.2, -0.15) is 26.3 Å². The molecule has 2 saturated carbocycles. The zero-order valence-electron chi connectivity index (χ0n) is 24.7. The zero-order valence-corrected chi connectivity index (χ0v) is 24.7. The van der Waals surface area contributed by atoms with Gasteiger partial charge in [-0.1, -0.05) is 30.3 Å². The van der Waals surface area contributed by atoms with E-state index in [1.807, 2.05) is 30.3 Å². The van der Waals surface area contributed by atoms with Crippen LogP contribution in [0.5, 0.6) is 0 Å². The smallest absolute Gasteiger partial charge is 0.381 e. The van der Waals surface area contributed by atoms with Crippen molar-refractivity contribution in [2.75, 3.05) is 26.3 Å². The number of hydrogen-bond acceptors (Lipinski definition) is 4. The first-order valence-electron chi connectivity index (χ1n) is 15.7. The predicted octanol–water partition coefficient (Wildman–Crippen LogP) is 7.66. The number of Topliss-reactive ketones (excluding diaryl/α,β-unsaturated/α-hetero) is 1. The van der Waals surface area contributed by atoms with Crippen molar-refractivity contribution in [3.8, 4) is 0 Å². The number of carbonyl (C=O) groups is 1. The molecule has 2 heterocycles. The van der Waals surface area contributed by atoms with Gasteiger partial charge in [0.15, 0.2) is 5.78 Å². The first-order chi connectivity index (χ1) is 20.8. The van der Waals surface area contributed by atoms with Crippen molar-refractivity contribution in [1.29, 1.82) is 0 Å². The third-order valence-corrected chi connectivity index (χ3v) is 11.2. The molecule has 1 spiro atoms. The van der Waals surface area contributed by atoms with E-state index in [9.17, 15) is 36.2 Å². The summed E-state index contributed by atoms with van der Waals surface area (Å²) in [6, 6.07) is 11.0. The molecule has 4 nitrogen and oxygen atoms in total. The molecule has 2 unspecified atom stereocenters. The maximum absolute atomic E-state index is 14.3. The Bertz CT molecular complexity index is 1300. The molecule has 0 amide bonds. The molecule has 2 aliphatic carbocycles. The number of rotatable bonds is 4. The van der Waals surface area contributed by atoms with E-state index in [-0.39, 0.29) is 17.9 Å². The SMILES string of the molecule is O=C1C(C2(c3ccccc3)CCC(N3CCC4(CCOC4)CC3)CC2)CCCC1(O)c1cc(C(F)(F)F)cc(C(F)(F)F)c1. The Hall–Kier alpha value is -2.43. The quantitative estimate of drug-likeness (QED) is 0.356. The lowest BCUT2D eigenvalue weighted by molar-refractivity contribution is -0.153. The minimum absolute atomic E-state index is 0.0343. The summed E-state index contributed by atoms with van der Waals surface area (Å²) in [4.78, 5) is 16.9. The Balaban J connectivity index is 1.30. The van der Waals surface area contributed by atoms with Crippen LogP contribution in [0.25, 0.3) is 0 Å². The number of likely N-dealkylation sites (tertiary alicyclic amines) is 1. The summed E-state index contributed by atoms with van der Waals surface area (Å²) in [5.74, 6) is -1.42. The van der Waals surface area contributed by atoms with Crippen molar-refractivity contribution >= 4 is 5.78 Å². The molecule has 2 saturated heterocycles. The number of ether oxygens (including phenoxy) is 1. The first-order valence-corrected chi connectivity index (χ1v) is 15.7. The molecule has 4 fully saturated rings. The van der Waals surface area contributed by atoms with Gasteiger partial charge in [0.1, 0.15) is 5.60 Å². The fourth-order valence-corrected chi connectivity index (χ4v) is 8.61. The van der Waals surface area contributed by atoms with E-state index in [0.717, 1.165) is 64.0 Å². The predicted molar refractivity (Wildman–Crippen MR) is 152 cm³/mol. The van der Waals surface area contributed by atoms with E-state index in [1.165, 1.54) is 0 Å². The number of benzene rings is 2. The molecule has 44 heavy (non-hydrogen) atoms. The number of piperidine rings is 1. The molecule has 6 rings (SSSR count). The third-order valence-electron chi connectivity index (χ3n) is 11.2. The minimum atomic E-state index is -5.08. The number of hydrogen-bond donors (Lipinski definition) is 1. The van der Waals surface area contributed by atoms with Crippen LogP contribution >= 0.6 is 0 Å². The normalized spacial score (nSPS) is 31.8. The molecule has 0 aromatic heterocycles. The molecule has 2 aromatic carbocycles. The van der Waals surface area contributed by atoms with Gasteiger partial charge < -0.3 is 14.7 Å². The molecule has 2 aliphatic heterocycles. The van der Waals surface area contributed by atoms with Crippen LogP contribution in [0.4, 0.5) is 26.3 Å². The average Bonchev–Trinajstić information content (AvgIpc) is 3.46. The van der Waals surface area contributed by atoms with Crippen molar-refractivity contribution in [1.82, 2.24) is 4.90 Å². The minimum Gasteiger partial charge on any atom is -0.381 e. The van der Waals surface area contributed by atoms with Gasteiger partial charge in [-0.05, 0) is 112 Å². The van der Waals surface area contributed by atoms with E-state index in [0.29, 0.717) is 43.9 Å². The molecule has 1 N–H and O–H groups in total. The molecule has 2 aromatic rings. The number of nitrogens with zero attached hydrogens (tertiary/aromatic N) is 1. The summed E-state index contributed by atoms with van der Waals surface area (Å²) in [5, 5.41) is 11.8. The largest absolute Gasteiger partial charge is 0.416 e. The molecular weight excluding hydrogens is 584 g/mol. The van der Waals surface area contributed by atoms with Crippen LogP contribution in [-0.2, 0) is 32.9 Å². The zero-order chi connectivity index (χ0) is 31.4. The van der Waals surface area contributed by atoms with Gasteiger partial charge in [0.05, 0.1) is 17.7 Å². The van der Waals surface area contributed by atoms with Crippen LogP contribution in [0.3, 0.4) is 0 Å². The summed E-state index contributed by atoms with van der Waals surface area (Å²) in [5.41, 5.74) is -5.60. The number of aliphatic hydroxyl groups is 1. The molecule has 10 heteroatoms. The highest BCUT2D eigenvalue weighted by molar-refractivity contribution is 5.92. The molecule has 2 atom stereocenters. The van der Waals surface area contributed by atoms with Gasteiger partial charge in [-0.25, -0.2) is 0 Å². The van der Waals surface area contributed by atoms with Crippen LogP contribution < -0.4 is 0 Å². The number of ketones is 1. The maximum atomic E-state index is 14.3. The Morgan fingerprint density at radius 2 is 1.39 bits per heavy atom. The summed E-state index contributed by atoms with van der Waals surface area (Å²) in [6.07, 6.45) is -3.43. The van der Waals surface area contributed by atoms with E-state index in [2.05, 4.69) is 4.90 Å². The second-order valence-electron chi connectivity index (χ2n) is 13.6. The maximum Gasteiger partial charge on any atom is 0.416 e. The highest BCUT2D eigenvalue weighted by Gasteiger charge is 2.55. The van der Waals surface area contributed by atoms with E-state index >= 15 is 0 Å². The summed E-state index contributed by atoms with van der Waals surface area (Å²) in [6.45, 7) is 3.63. The van der Waals surface area contributed by atoms with E-state index < -0.39 is 51.8 Å². The van der Waals surface area contributed by atoms with Gasteiger partial charge in [0.25, 0.3) is 0 Å².